The number of nitrogens with zero attached hydrogens (tertiary/aromatic N) is 4. The summed E-state index contributed by atoms with van der Waals surface area (Å²) < 4.78 is 5.48. The van der Waals surface area contributed by atoms with Gasteiger partial charge in [-0.15, -0.1) is 0 Å². The molecule has 0 amide bonds. The van der Waals surface area contributed by atoms with Crippen molar-refractivity contribution in [1.82, 2.24) is 15.0 Å². The van der Waals surface area contributed by atoms with Gasteiger partial charge in [-0.05, 0) is 27.2 Å². The molecule has 0 saturated carbocycles. The first-order valence-electron chi connectivity index (χ1n) is 6.10. The molecule has 1 aromatic rings. The zero-order valence-electron chi connectivity index (χ0n) is 11.6. The lowest BCUT2D eigenvalue weighted by Gasteiger charge is -2.24. The highest BCUT2D eigenvalue weighted by molar-refractivity contribution is 5.37. The van der Waals surface area contributed by atoms with Crippen LogP contribution in [0.3, 0.4) is 0 Å². The second kappa shape index (κ2) is 6.34. The number of hydrogen-bond donors (Lipinski definition) is 2. The Bertz CT molecular complexity index is 384. The first-order valence-corrected chi connectivity index (χ1v) is 6.10. The van der Waals surface area contributed by atoms with E-state index >= 15 is 0 Å². The molecule has 1 rings (SSSR count). The molecule has 18 heavy (non-hydrogen) atoms. The maximum atomic E-state index is 5.48. The topological polar surface area (TPSA) is 89.2 Å². The van der Waals surface area contributed by atoms with Crippen LogP contribution in [0, 0.1) is 0 Å². The summed E-state index contributed by atoms with van der Waals surface area (Å²) in [7, 11) is 1.93. The number of aromatic nitrogens is 3. The molecule has 0 aromatic carbocycles. The minimum absolute atomic E-state index is 0.000204. The molecule has 1 atom stereocenters. The van der Waals surface area contributed by atoms with Gasteiger partial charge in [0, 0.05) is 13.1 Å². The molecule has 7 heteroatoms. The van der Waals surface area contributed by atoms with E-state index in [2.05, 4.69) is 34.2 Å². The standard InChI is InChI=1S/C11H22N6O/c1-6-8(4)17(5)10-13-9(16-12)14-11(15-10)18-7(2)3/h7-8H,6,12H2,1-5H3,(H,13,14,15,16). The van der Waals surface area contributed by atoms with E-state index in [4.69, 9.17) is 10.6 Å². The van der Waals surface area contributed by atoms with E-state index in [0.29, 0.717) is 17.9 Å². The quantitative estimate of drug-likeness (QED) is 0.582. The minimum Gasteiger partial charge on any atom is -0.461 e. The molecule has 0 aliphatic heterocycles. The number of ether oxygens (including phenoxy) is 1. The van der Waals surface area contributed by atoms with Gasteiger partial charge in [-0.25, -0.2) is 5.84 Å². The number of nitrogen functional groups attached to an aromatic ring is 1. The molecule has 0 spiro atoms. The number of hydrogen-bond acceptors (Lipinski definition) is 7. The van der Waals surface area contributed by atoms with E-state index in [-0.39, 0.29) is 12.1 Å². The zero-order chi connectivity index (χ0) is 13.7. The second-order valence-electron chi connectivity index (χ2n) is 4.42. The number of nitrogens with two attached hydrogens (primary N) is 1. The summed E-state index contributed by atoms with van der Waals surface area (Å²) in [4.78, 5) is 14.5. The number of anilines is 2. The van der Waals surface area contributed by atoms with E-state index < -0.39 is 0 Å². The summed E-state index contributed by atoms with van der Waals surface area (Å²) in [5.74, 6) is 6.19. The molecule has 1 unspecified atom stereocenters. The lowest BCUT2D eigenvalue weighted by molar-refractivity contribution is 0.222. The van der Waals surface area contributed by atoms with Crippen molar-refractivity contribution in [2.75, 3.05) is 17.4 Å². The summed E-state index contributed by atoms with van der Waals surface area (Å²) >= 11 is 0. The maximum Gasteiger partial charge on any atom is 0.323 e. The van der Waals surface area contributed by atoms with Crippen LogP contribution < -0.4 is 20.9 Å². The van der Waals surface area contributed by atoms with Crippen LogP contribution in [0.15, 0.2) is 0 Å². The molecule has 3 N–H and O–H groups in total. The Morgan fingerprint density at radius 2 is 1.94 bits per heavy atom. The maximum absolute atomic E-state index is 5.48. The van der Waals surface area contributed by atoms with E-state index in [9.17, 15) is 0 Å². The van der Waals surface area contributed by atoms with Gasteiger partial charge >= 0.3 is 6.01 Å². The minimum atomic E-state index is -0.000204. The molecular weight excluding hydrogens is 232 g/mol. The molecule has 1 heterocycles. The lowest BCUT2D eigenvalue weighted by atomic mass is 10.2. The average molecular weight is 254 g/mol. The Labute approximate surface area is 108 Å². The summed E-state index contributed by atoms with van der Waals surface area (Å²) in [6, 6.07) is 0.600. The predicted octanol–water partition coefficient (Wildman–Crippen LogP) is 1.18. The Balaban J connectivity index is 3.03. The van der Waals surface area contributed by atoms with Crippen LogP contribution in [-0.4, -0.2) is 34.1 Å². The predicted molar refractivity (Wildman–Crippen MR) is 71.6 cm³/mol. The third-order valence-electron chi connectivity index (χ3n) is 2.64. The molecule has 0 bridgehead atoms. The van der Waals surface area contributed by atoms with Crippen molar-refractivity contribution in [3.8, 4) is 6.01 Å². The van der Waals surface area contributed by atoms with Gasteiger partial charge in [0.05, 0.1) is 6.10 Å². The number of rotatable bonds is 6. The Morgan fingerprint density at radius 1 is 1.28 bits per heavy atom. The smallest absolute Gasteiger partial charge is 0.323 e. The zero-order valence-corrected chi connectivity index (χ0v) is 11.6. The fourth-order valence-corrected chi connectivity index (χ4v) is 1.30. The van der Waals surface area contributed by atoms with Crippen LogP contribution in [0.5, 0.6) is 6.01 Å². The van der Waals surface area contributed by atoms with Crippen LogP contribution in [-0.2, 0) is 0 Å². The first-order chi connectivity index (χ1) is 8.47. The van der Waals surface area contributed by atoms with E-state index in [1.807, 2.05) is 25.8 Å². The normalized spacial score (nSPS) is 12.4. The van der Waals surface area contributed by atoms with Crippen molar-refractivity contribution in [3.05, 3.63) is 0 Å². The van der Waals surface area contributed by atoms with Gasteiger partial charge in [0.25, 0.3) is 0 Å². The van der Waals surface area contributed by atoms with Crippen molar-refractivity contribution in [3.63, 3.8) is 0 Å². The van der Waals surface area contributed by atoms with Crippen molar-refractivity contribution in [2.24, 2.45) is 5.84 Å². The molecule has 0 radical (unpaired) electrons. The van der Waals surface area contributed by atoms with Gasteiger partial charge in [0.1, 0.15) is 0 Å². The molecule has 0 saturated heterocycles. The molecule has 0 aliphatic carbocycles. The van der Waals surface area contributed by atoms with Crippen molar-refractivity contribution in [2.45, 2.75) is 46.3 Å². The van der Waals surface area contributed by atoms with Gasteiger partial charge in [-0.2, -0.15) is 15.0 Å². The average Bonchev–Trinajstić information content (AvgIpc) is 2.35. The fourth-order valence-electron chi connectivity index (χ4n) is 1.30. The summed E-state index contributed by atoms with van der Waals surface area (Å²) in [5, 5.41) is 0. The van der Waals surface area contributed by atoms with Crippen LogP contribution in [0.1, 0.15) is 34.1 Å². The Kier molecular flexibility index (Phi) is 5.08. The van der Waals surface area contributed by atoms with Crippen LogP contribution in [0.25, 0.3) is 0 Å². The van der Waals surface area contributed by atoms with Gasteiger partial charge in [-0.1, -0.05) is 6.92 Å². The summed E-state index contributed by atoms with van der Waals surface area (Å²) in [6.07, 6.45) is 0.994. The summed E-state index contributed by atoms with van der Waals surface area (Å²) in [5.41, 5.74) is 2.42. The van der Waals surface area contributed by atoms with E-state index in [0.717, 1.165) is 6.42 Å². The SMILES string of the molecule is CCC(C)N(C)c1nc(NN)nc(OC(C)C)n1. The molecule has 7 nitrogen and oxygen atoms in total. The van der Waals surface area contributed by atoms with E-state index in [1.165, 1.54) is 0 Å². The van der Waals surface area contributed by atoms with Crippen LogP contribution in [0.4, 0.5) is 11.9 Å². The number of hydrazine groups is 1. The largest absolute Gasteiger partial charge is 0.461 e. The monoisotopic (exact) mass is 254 g/mol. The van der Waals surface area contributed by atoms with Gasteiger partial charge in [0.2, 0.25) is 11.9 Å². The third kappa shape index (κ3) is 3.69. The van der Waals surface area contributed by atoms with Crippen molar-refractivity contribution < 1.29 is 4.74 Å². The molecular formula is C11H22N6O. The van der Waals surface area contributed by atoms with Crippen LogP contribution >= 0.6 is 0 Å². The van der Waals surface area contributed by atoms with Crippen molar-refractivity contribution >= 4 is 11.9 Å². The van der Waals surface area contributed by atoms with Crippen LogP contribution in [0.2, 0.25) is 0 Å². The van der Waals surface area contributed by atoms with E-state index in [1.54, 1.807) is 0 Å². The van der Waals surface area contributed by atoms with Gasteiger partial charge in [-0.3, -0.25) is 5.43 Å². The summed E-state index contributed by atoms with van der Waals surface area (Å²) in [6.45, 7) is 8.03. The van der Waals surface area contributed by atoms with Crippen molar-refractivity contribution in [1.29, 1.82) is 0 Å². The first kappa shape index (κ1) is 14.4. The third-order valence-corrected chi connectivity index (χ3v) is 2.64. The molecule has 0 fully saturated rings. The highest BCUT2D eigenvalue weighted by Gasteiger charge is 2.15. The molecule has 0 aliphatic rings. The van der Waals surface area contributed by atoms with Gasteiger partial charge < -0.3 is 9.64 Å². The second-order valence-corrected chi connectivity index (χ2v) is 4.42. The Hall–Kier alpha value is -1.63. The fraction of sp³-hybridized carbons (Fsp3) is 0.727. The highest BCUT2D eigenvalue weighted by Crippen LogP contribution is 2.17. The lowest BCUT2D eigenvalue weighted by Crippen LogP contribution is -2.30. The highest BCUT2D eigenvalue weighted by atomic mass is 16.5. The Morgan fingerprint density at radius 3 is 2.44 bits per heavy atom. The molecule has 1 aromatic heterocycles. The van der Waals surface area contributed by atoms with Gasteiger partial charge in [0.15, 0.2) is 0 Å². The molecule has 102 valence electrons. The number of nitrogens with one attached hydrogen (secondary N) is 1.